The molecule has 168 valence electrons. The van der Waals surface area contributed by atoms with E-state index in [-0.39, 0.29) is 23.7 Å². The number of ether oxygens (including phenoxy) is 1. The lowest BCUT2D eigenvalue weighted by atomic mass is 9.94. The first-order valence-electron chi connectivity index (χ1n) is 10.6. The number of rotatable bonds is 6. The fourth-order valence-electron chi connectivity index (χ4n) is 4.17. The molecule has 1 N–H and O–H groups in total. The molecule has 1 saturated heterocycles. The molecule has 1 unspecified atom stereocenters. The highest BCUT2D eigenvalue weighted by Crippen LogP contribution is 2.39. The van der Waals surface area contributed by atoms with Crippen LogP contribution in [0.25, 0.3) is 5.76 Å². The van der Waals surface area contributed by atoms with Crippen LogP contribution >= 0.6 is 0 Å². The van der Waals surface area contributed by atoms with Gasteiger partial charge in [-0.05, 0) is 60.4 Å². The molecule has 0 saturated carbocycles. The molecule has 6 heteroatoms. The molecule has 4 rings (SSSR count). The van der Waals surface area contributed by atoms with Gasteiger partial charge in [-0.3, -0.25) is 9.59 Å². The third kappa shape index (κ3) is 4.37. The van der Waals surface area contributed by atoms with E-state index < -0.39 is 17.7 Å². The number of aliphatic hydroxyl groups excluding tert-OH is 1. The van der Waals surface area contributed by atoms with Gasteiger partial charge in [-0.15, -0.1) is 0 Å². The van der Waals surface area contributed by atoms with Crippen molar-refractivity contribution in [1.29, 1.82) is 0 Å². The highest BCUT2D eigenvalue weighted by atomic mass is 19.1. The van der Waals surface area contributed by atoms with E-state index in [1.54, 1.807) is 37.4 Å². The summed E-state index contributed by atoms with van der Waals surface area (Å²) in [6.45, 7) is 2.08. The highest BCUT2D eigenvalue weighted by Gasteiger charge is 2.45. The average molecular weight is 445 g/mol. The van der Waals surface area contributed by atoms with Crippen molar-refractivity contribution >= 4 is 17.4 Å². The van der Waals surface area contributed by atoms with Gasteiger partial charge >= 0.3 is 0 Å². The Balaban J connectivity index is 1.76. The van der Waals surface area contributed by atoms with Crippen molar-refractivity contribution in [2.75, 3.05) is 13.7 Å². The van der Waals surface area contributed by atoms with E-state index in [0.717, 1.165) is 16.7 Å². The van der Waals surface area contributed by atoms with Crippen molar-refractivity contribution in [2.45, 2.75) is 19.4 Å². The van der Waals surface area contributed by atoms with Gasteiger partial charge in [0.05, 0.1) is 18.7 Å². The molecule has 3 aromatic rings. The summed E-state index contributed by atoms with van der Waals surface area (Å²) in [7, 11) is 1.56. The first-order valence-corrected chi connectivity index (χ1v) is 10.6. The standard InChI is InChI=1S/C27H24FNO4/c1-17-16-20(10-13-22(17)33-2)25(30)23-24(19-6-4-3-5-7-19)29(27(32)26(23)31)15-14-18-8-11-21(28)12-9-18/h3-13,16,24,30H,14-15H2,1-2H3/b25-23-. The van der Waals surface area contributed by atoms with Gasteiger partial charge in [0.2, 0.25) is 0 Å². The largest absolute Gasteiger partial charge is 0.507 e. The van der Waals surface area contributed by atoms with Crippen molar-refractivity contribution in [3.63, 3.8) is 0 Å². The van der Waals surface area contributed by atoms with Gasteiger partial charge in [0, 0.05) is 12.1 Å². The van der Waals surface area contributed by atoms with Crippen LogP contribution in [0.1, 0.15) is 28.3 Å². The number of nitrogens with zero attached hydrogens (tertiary/aromatic N) is 1. The van der Waals surface area contributed by atoms with Crippen LogP contribution in [0.4, 0.5) is 4.39 Å². The average Bonchev–Trinajstić information content (AvgIpc) is 3.08. The second-order valence-electron chi connectivity index (χ2n) is 7.96. The fourth-order valence-corrected chi connectivity index (χ4v) is 4.17. The molecule has 0 spiro atoms. The molecule has 1 aliphatic rings. The van der Waals surface area contributed by atoms with Crippen LogP contribution in [0.3, 0.4) is 0 Å². The van der Waals surface area contributed by atoms with E-state index in [4.69, 9.17) is 4.74 Å². The zero-order valence-electron chi connectivity index (χ0n) is 18.4. The highest BCUT2D eigenvalue weighted by molar-refractivity contribution is 6.46. The number of methoxy groups -OCH3 is 1. The summed E-state index contributed by atoms with van der Waals surface area (Å²) in [5.41, 5.74) is 2.85. The normalized spacial score (nSPS) is 17.4. The van der Waals surface area contributed by atoms with Crippen molar-refractivity contribution < 1.29 is 23.8 Å². The van der Waals surface area contributed by atoms with Gasteiger partial charge in [0.15, 0.2) is 0 Å². The summed E-state index contributed by atoms with van der Waals surface area (Å²) in [5, 5.41) is 11.2. The third-order valence-electron chi connectivity index (χ3n) is 5.88. The van der Waals surface area contributed by atoms with Gasteiger partial charge in [-0.2, -0.15) is 0 Å². The number of likely N-dealkylation sites (tertiary alicyclic amines) is 1. The lowest BCUT2D eigenvalue weighted by Crippen LogP contribution is -2.31. The number of halogens is 1. The molecule has 33 heavy (non-hydrogen) atoms. The Bertz CT molecular complexity index is 1220. The number of hydrogen-bond donors (Lipinski definition) is 1. The Labute approximate surface area is 191 Å². The lowest BCUT2D eigenvalue weighted by Gasteiger charge is -2.25. The summed E-state index contributed by atoms with van der Waals surface area (Å²) >= 11 is 0. The van der Waals surface area contributed by atoms with Crippen LogP contribution in [-0.2, 0) is 16.0 Å². The summed E-state index contributed by atoms with van der Waals surface area (Å²) < 4.78 is 18.5. The summed E-state index contributed by atoms with van der Waals surface area (Å²) in [5.74, 6) is -1.30. The minimum absolute atomic E-state index is 0.0508. The first kappa shape index (κ1) is 22.3. The quantitative estimate of drug-likeness (QED) is 0.336. The smallest absolute Gasteiger partial charge is 0.295 e. The molecule has 0 aromatic heterocycles. The molecule has 1 fully saturated rings. The molecule has 1 atom stereocenters. The Morgan fingerprint density at radius 2 is 1.73 bits per heavy atom. The number of Topliss-reactive ketones (excluding diaryl/α,β-unsaturated/α-hetero) is 1. The predicted octanol–water partition coefficient (Wildman–Crippen LogP) is 4.81. The molecule has 1 amide bonds. The third-order valence-corrected chi connectivity index (χ3v) is 5.88. The minimum atomic E-state index is -0.728. The topological polar surface area (TPSA) is 66.8 Å². The van der Waals surface area contributed by atoms with Crippen LogP contribution in [0.15, 0.2) is 78.4 Å². The number of carbonyl (C=O) groups is 2. The van der Waals surface area contributed by atoms with Gasteiger partial charge in [0.25, 0.3) is 11.7 Å². The van der Waals surface area contributed by atoms with Gasteiger partial charge in [-0.1, -0.05) is 42.5 Å². The van der Waals surface area contributed by atoms with Gasteiger partial charge < -0.3 is 14.7 Å². The first-order chi connectivity index (χ1) is 15.9. The maximum Gasteiger partial charge on any atom is 0.295 e. The fraction of sp³-hybridized carbons (Fsp3) is 0.185. The Morgan fingerprint density at radius 3 is 2.36 bits per heavy atom. The maximum absolute atomic E-state index is 13.3. The van der Waals surface area contributed by atoms with Crippen LogP contribution in [0, 0.1) is 12.7 Å². The summed E-state index contributed by atoms with van der Waals surface area (Å²) in [6, 6.07) is 19.6. The molecule has 5 nitrogen and oxygen atoms in total. The predicted molar refractivity (Wildman–Crippen MR) is 123 cm³/mol. The Morgan fingerprint density at radius 1 is 1.03 bits per heavy atom. The summed E-state index contributed by atoms with van der Waals surface area (Å²) in [6.07, 6.45) is 0.443. The van der Waals surface area contributed by atoms with E-state index in [2.05, 4.69) is 0 Å². The zero-order chi connectivity index (χ0) is 23.5. The van der Waals surface area contributed by atoms with E-state index in [1.165, 1.54) is 17.0 Å². The number of carbonyl (C=O) groups excluding carboxylic acids is 2. The number of aryl methyl sites for hydroxylation is 1. The van der Waals surface area contributed by atoms with E-state index in [0.29, 0.717) is 17.7 Å². The summed E-state index contributed by atoms with van der Waals surface area (Å²) in [4.78, 5) is 27.6. The molecule has 1 aliphatic heterocycles. The number of hydrogen-bond acceptors (Lipinski definition) is 4. The molecule has 0 radical (unpaired) electrons. The Hall–Kier alpha value is -3.93. The molecular weight excluding hydrogens is 421 g/mol. The van der Waals surface area contributed by atoms with Crippen LogP contribution in [-0.4, -0.2) is 35.4 Å². The minimum Gasteiger partial charge on any atom is -0.507 e. The van der Waals surface area contributed by atoms with E-state index in [9.17, 15) is 19.1 Å². The molecular formula is C27H24FNO4. The Kier molecular flexibility index (Phi) is 6.27. The zero-order valence-corrected chi connectivity index (χ0v) is 18.4. The molecule has 1 heterocycles. The maximum atomic E-state index is 13.3. The number of amides is 1. The number of benzene rings is 3. The number of aliphatic hydroxyl groups is 1. The SMILES string of the molecule is COc1ccc(/C(O)=C2/C(=O)C(=O)N(CCc3ccc(F)cc3)C2c2ccccc2)cc1C. The lowest BCUT2D eigenvalue weighted by molar-refractivity contribution is -0.139. The molecule has 3 aromatic carbocycles. The van der Waals surface area contributed by atoms with Gasteiger partial charge in [-0.25, -0.2) is 4.39 Å². The van der Waals surface area contributed by atoms with Crippen LogP contribution < -0.4 is 4.74 Å². The van der Waals surface area contributed by atoms with E-state index in [1.807, 2.05) is 37.3 Å². The van der Waals surface area contributed by atoms with Crippen molar-refractivity contribution in [1.82, 2.24) is 4.90 Å². The molecule has 0 aliphatic carbocycles. The van der Waals surface area contributed by atoms with Gasteiger partial charge in [0.1, 0.15) is 17.3 Å². The van der Waals surface area contributed by atoms with Crippen molar-refractivity contribution in [3.05, 3.63) is 106 Å². The second-order valence-corrected chi connectivity index (χ2v) is 7.96. The van der Waals surface area contributed by atoms with Crippen molar-refractivity contribution in [2.24, 2.45) is 0 Å². The van der Waals surface area contributed by atoms with E-state index >= 15 is 0 Å². The van der Waals surface area contributed by atoms with Crippen molar-refractivity contribution in [3.8, 4) is 5.75 Å². The monoisotopic (exact) mass is 445 g/mol. The van der Waals surface area contributed by atoms with Crippen LogP contribution in [0.2, 0.25) is 0 Å². The second kappa shape index (κ2) is 9.28. The van der Waals surface area contributed by atoms with Crippen LogP contribution in [0.5, 0.6) is 5.75 Å². The number of ketones is 1. The molecule has 0 bridgehead atoms.